The molecule has 1 heterocycles. The quantitative estimate of drug-likeness (QED) is 0.819. The Bertz CT molecular complexity index is 477. The van der Waals surface area contributed by atoms with Gasteiger partial charge < -0.3 is 20.1 Å². The number of phenols is 1. The van der Waals surface area contributed by atoms with Crippen molar-refractivity contribution in [3.8, 4) is 5.75 Å². The molecule has 1 saturated heterocycles. The van der Waals surface area contributed by atoms with Crippen LogP contribution in [-0.2, 0) is 9.31 Å². The normalized spacial score (nSPS) is 22.5. The van der Waals surface area contributed by atoms with Gasteiger partial charge in [-0.1, -0.05) is 11.6 Å². The monoisotopic (exact) mass is 283 g/mol. The van der Waals surface area contributed by atoms with Crippen LogP contribution in [-0.4, -0.2) is 23.4 Å². The molecule has 0 amide bonds. The first kappa shape index (κ1) is 14.7. The highest BCUT2D eigenvalue weighted by atomic mass is 35.5. The van der Waals surface area contributed by atoms with Gasteiger partial charge in [-0.25, -0.2) is 0 Å². The van der Waals surface area contributed by atoms with Crippen LogP contribution in [0.4, 0.5) is 0 Å². The zero-order valence-corrected chi connectivity index (χ0v) is 12.4. The van der Waals surface area contributed by atoms with Gasteiger partial charge in [0.25, 0.3) is 0 Å². The number of phenolic OH excluding ortho intramolecular Hbond substituents is 1. The van der Waals surface area contributed by atoms with E-state index in [0.29, 0.717) is 10.6 Å². The van der Waals surface area contributed by atoms with Crippen molar-refractivity contribution >= 4 is 18.7 Å². The summed E-state index contributed by atoms with van der Waals surface area (Å²) in [5.74, 6) is -0.508. The lowest BCUT2D eigenvalue weighted by atomic mass is 9.74. The van der Waals surface area contributed by atoms with Crippen LogP contribution in [0.5, 0.6) is 5.75 Å². The SMILES string of the molecule is CC1(C)OB([C@@H](N)c2cc(Cl)ccc2O)OC1(C)C. The molecule has 1 atom stereocenters. The van der Waals surface area contributed by atoms with E-state index in [1.54, 1.807) is 12.1 Å². The Kier molecular flexibility index (Phi) is 3.60. The summed E-state index contributed by atoms with van der Waals surface area (Å²) in [5.41, 5.74) is 5.75. The van der Waals surface area contributed by atoms with Crippen molar-refractivity contribution < 1.29 is 14.4 Å². The van der Waals surface area contributed by atoms with E-state index < -0.39 is 24.3 Å². The van der Waals surface area contributed by atoms with Crippen LogP contribution in [0.1, 0.15) is 39.2 Å². The number of hydrogen-bond donors (Lipinski definition) is 2. The maximum absolute atomic E-state index is 9.88. The lowest BCUT2D eigenvalue weighted by Gasteiger charge is -2.32. The predicted molar refractivity (Wildman–Crippen MR) is 76.1 cm³/mol. The number of rotatable bonds is 2. The zero-order valence-electron chi connectivity index (χ0n) is 11.6. The van der Waals surface area contributed by atoms with Gasteiger partial charge in [0.05, 0.1) is 17.1 Å². The molecule has 104 valence electrons. The number of aromatic hydroxyl groups is 1. The minimum absolute atomic E-state index is 0.0895. The molecule has 1 aromatic rings. The summed E-state index contributed by atoms with van der Waals surface area (Å²) in [4.78, 5) is 0. The predicted octanol–water partition coefficient (Wildman–Crippen LogP) is 2.68. The molecule has 1 aliphatic heterocycles. The first-order valence-electron chi connectivity index (χ1n) is 6.24. The van der Waals surface area contributed by atoms with E-state index in [2.05, 4.69) is 0 Å². The third kappa shape index (κ3) is 2.61. The van der Waals surface area contributed by atoms with Crippen molar-refractivity contribution in [1.29, 1.82) is 0 Å². The second-order valence-corrected chi connectivity index (χ2v) is 6.29. The summed E-state index contributed by atoms with van der Waals surface area (Å²) in [5, 5.41) is 10.4. The van der Waals surface area contributed by atoms with Crippen LogP contribution in [0.25, 0.3) is 0 Å². The molecule has 0 bridgehead atoms. The Morgan fingerprint density at radius 1 is 1.21 bits per heavy atom. The molecule has 1 fully saturated rings. The summed E-state index contributed by atoms with van der Waals surface area (Å²) in [6.07, 6.45) is 0. The summed E-state index contributed by atoms with van der Waals surface area (Å²) >= 11 is 5.93. The Morgan fingerprint density at radius 2 is 1.74 bits per heavy atom. The number of halogens is 1. The summed E-state index contributed by atoms with van der Waals surface area (Å²) < 4.78 is 11.7. The highest BCUT2D eigenvalue weighted by Gasteiger charge is 2.53. The lowest BCUT2D eigenvalue weighted by molar-refractivity contribution is 0.00578. The summed E-state index contributed by atoms with van der Waals surface area (Å²) in [6, 6.07) is 4.76. The molecule has 0 spiro atoms. The second kappa shape index (κ2) is 4.67. The van der Waals surface area contributed by atoms with E-state index in [9.17, 15) is 5.11 Å². The van der Waals surface area contributed by atoms with Gasteiger partial charge in [0.2, 0.25) is 0 Å². The highest BCUT2D eigenvalue weighted by molar-refractivity contribution is 6.47. The fourth-order valence-electron chi connectivity index (χ4n) is 1.97. The molecule has 1 aliphatic rings. The van der Waals surface area contributed by atoms with E-state index in [4.69, 9.17) is 26.6 Å². The number of nitrogens with two attached hydrogens (primary N) is 1. The van der Waals surface area contributed by atoms with Crippen molar-refractivity contribution in [3.05, 3.63) is 28.8 Å². The van der Waals surface area contributed by atoms with Crippen molar-refractivity contribution in [1.82, 2.24) is 0 Å². The minimum Gasteiger partial charge on any atom is -0.508 e. The van der Waals surface area contributed by atoms with Gasteiger partial charge in [0.15, 0.2) is 0 Å². The van der Waals surface area contributed by atoms with Crippen LogP contribution in [0.3, 0.4) is 0 Å². The molecular weight excluding hydrogens is 264 g/mol. The third-order valence-electron chi connectivity index (χ3n) is 3.91. The van der Waals surface area contributed by atoms with Crippen LogP contribution >= 0.6 is 11.6 Å². The molecule has 0 aliphatic carbocycles. The number of hydrogen-bond acceptors (Lipinski definition) is 4. The molecule has 4 nitrogen and oxygen atoms in total. The Morgan fingerprint density at radius 3 is 2.26 bits per heavy atom. The molecular formula is C13H19BClNO3. The van der Waals surface area contributed by atoms with Gasteiger partial charge in [-0.3, -0.25) is 0 Å². The Labute approximate surface area is 119 Å². The zero-order chi connectivity index (χ0) is 14.4. The van der Waals surface area contributed by atoms with Crippen LogP contribution in [0.15, 0.2) is 18.2 Å². The molecule has 6 heteroatoms. The average molecular weight is 284 g/mol. The molecule has 19 heavy (non-hydrogen) atoms. The lowest BCUT2D eigenvalue weighted by Crippen LogP contribution is -2.41. The second-order valence-electron chi connectivity index (χ2n) is 5.85. The topological polar surface area (TPSA) is 64.7 Å². The molecule has 0 aromatic heterocycles. The minimum atomic E-state index is -0.616. The molecule has 1 aromatic carbocycles. The third-order valence-corrected chi connectivity index (χ3v) is 4.15. The van der Waals surface area contributed by atoms with Crippen molar-refractivity contribution in [3.63, 3.8) is 0 Å². The summed E-state index contributed by atoms with van der Waals surface area (Å²) in [7, 11) is -0.616. The largest absolute Gasteiger partial charge is 0.508 e. The molecule has 2 rings (SSSR count). The Hall–Kier alpha value is -0.745. The average Bonchev–Trinajstić information content (AvgIpc) is 2.51. The van der Waals surface area contributed by atoms with Crippen LogP contribution in [0.2, 0.25) is 5.02 Å². The first-order valence-corrected chi connectivity index (χ1v) is 6.61. The molecule has 0 radical (unpaired) electrons. The fourth-order valence-corrected chi connectivity index (χ4v) is 2.15. The molecule has 0 unspecified atom stereocenters. The van der Waals surface area contributed by atoms with Gasteiger partial charge in [0.1, 0.15) is 5.75 Å². The van der Waals surface area contributed by atoms with E-state index >= 15 is 0 Å². The highest BCUT2D eigenvalue weighted by Crippen LogP contribution is 2.40. The standard InChI is InChI=1S/C13H19BClNO3/c1-12(2)13(3,4)19-14(18-12)11(16)9-7-8(15)5-6-10(9)17/h5-7,11,17H,16H2,1-4H3/t11-/m0/s1. The maximum Gasteiger partial charge on any atom is 0.480 e. The van der Waals surface area contributed by atoms with Crippen molar-refractivity contribution in [2.45, 2.75) is 44.8 Å². The van der Waals surface area contributed by atoms with E-state index in [1.165, 1.54) is 6.07 Å². The van der Waals surface area contributed by atoms with E-state index in [1.807, 2.05) is 27.7 Å². The summed E-state index contributed by atoms with van der Waals surface area (Å²) in [6.45, 7) is 7.82. The van der Waals surface area contributed by atoms with Crippen molar-refractivity contribution in [2.24, 2.45) is 5.73 Å². The Balaban J connectivity index is 2.27. The fraction of sp³-hybridized carbons (Fsp3) is 0.538. The van der Waals surface area contributed by atoms with Crippen LogP contribution < -0.4 is 5.73 Å². The van der Waals surface area contributed by atoms with Gasteiger partial charge in [-0.15, -0.1) is 0 Å². The smallest absolute Gasteiger partial charge is 0.480 e. The molecule has 3 N–H and O–H groups in total. The van der Waals surface area contributed by atoms with Crippen LogP contribution in [0, 0.1) is 0 Å². The van der Waals surface area contributed by atoms with Crippen molar-refractivity contribution in [2.75, 3.05) is 0 Å². The van der Waals surface area contributed by atoms with Gasteiger partial charge in [-0.2, -0.15) is 0 Å². The van der Waals surface area contributed by atoms with E-state index in [-0.39, 0.29) is 5.75 Å². The maximum atomic E-state index is 9.88. The van der Waals surface area contributed by atoms with Gasteiger partial charge in [0, 0.05) is 10.6 Å². The molecule has 0 saturated carbocycles. The first-order chi connectivity index (χ1) is 8.64. The van der Waals surface area contributed by atoms with E-state index in [0.717, 1.165) is 0 Å². The number of benzene rings is 1. The van der Waals surface area contributed by atoms with Gasteiger partial charge in [-0.05, 0) is 45.9 Å². The van der Waals surface area contributed by atoms with Gasteiger partial charge >= 0.3 is 7.12 Å².